The van der Waals surface area contributed by atoms with Gasteiger partial charge in [-0.25, -0.2) is 9.78 Å². The van der Waals surface area contributed by atoms with Crippen molar-refractivity contribution in [2.45, 2.75) is 25.6 Å². The third-order valence-corrected chi connectivity index (χ3v) is 3.16. The topological polar surface area (TPSA) is 63.1 Å². The number of halogens is 3. The van der Waals surface area contributed by atoms with Gasteiger partial charge in [0.25, 0.3) is 0 Å². The molecular weight excluding hydrogens is 275 g/mol. The number of urea groups is 1. The number of alkyl halides is 3. The highest BCUT2D eigenvalue weighted by Crippen LogP contribution is 2.18. The van der Waals surface area contributed by atoms with Gasteiger partial charge in [-0.05, 0) is 18.8 Å². The number of nitrogens with one attached hydrogen (secondary N) is 1. The van der Waals surface area contributed by atoms with Crippen molar-refractivity contribution in [1.29, 1.82) is 0 Å². The number of piperidine rings is 1. The molecule has 0 spiro atoms. The molecule has 2 rings (SSSR count). The number of carbonyl (C=O) groups is 1. The molecule has 1 atom stereocenters. The van der Waals surface area contributed by atoms with Gasteiger partial charge in [0.1, 0.15) is 19.2 Å². The van der Waals surface area contributed by atoms with E-state index in [0.717, 1.165) is 12.8 Å². The smallest absolute Gasteiger partial charge is 0.329 e. The minimum Gasteiger partial charge on any atom is -0.329 e. The minimum absolute atomic E-state index is 0.182. The fourth-order valence-electron chi connectivity index (χ4n) is 2.28. The maximum Gasteiger partial charge on any atom is 0.405 e. The summed E-state index contributed by atoms with van der Waals surface area (Å²) in [5.41, 5.74) is 0. The van der Waals surface area contributed by atoms with Crippen molar-refractivity contribution in [3.63, 3.8) is 0 Å². The molecule has 1 aliphatic rings. The Hall–Kier alpha value is -1.80. The Morgan fingerprint density at radius 2 is 2.25 bits per heavy atom. The first-order valence-electron chi connectivity index (χ1n) is 6.36. The number of amides is 2. The summed E-state index contributed by atoms with van der Waals surface area (Å²) in [4.78, 5) is 16.9. The molecule has 6 nitrogen and oxygen atoms in total. The van der Waals surface area contributed by atoms with Gasteiger partial charge >= 0.3 is 12.2 Å². The van der Waals surface area contributed by atoms with Crippen LogP contribution in [0.5, 0.6) is 0 Å². The Bertz CT molecular complexity index is 434. The number of hydrogen-bond acceptors (Lipinski definition) is 3. The van der Waals surface area contributed by atoms with Crippen molar-refractivity contribution < 1.29 is 18.0 Å². The quantitative estimate of drug-likeness (QED) is 0.912. The first kappa shape index (κ1) is 14.6. The summed E-state index contributed by atoms with van der Waals surface area (Å²) in [6.07, 6.45) is 0.326. The number of hydrogen-bond donors (Lipinski definition) is 1. The van der Waals surface area contributed by atoms with E-state index in [4.69, 9.17) is 0 Å². The van der Waals surface area contributed by atoms with Crippen molar-refractivity contribution >= 4 is 6.03 Å². The molecule has 1 aliphatic heterocycles. The van der Waals surface area contributed by atoms with Crippen molar-refractivity contribution in [2.75, 3.05) is 19.6 Å². The molecule has 1 saturated heterocycles. The van der Waals surface area contributed by atoms with Crippen LogP contribution in [0.4, 0.5) is 18.0 Å². The van der Waals surface area contributed by atoms with Crippen LogP contribution in [0.25, 0.3) is 0 Å². The average Bonchev–Trinajstić information content (AvgIpc) is 2.88. The number of likely N-dealkylation sites (tertiary alicyclic amines) is 1. The van der Waals surface area contributed by atoms with E-state index in [1.54, 1.807) is 11.0 Å². The fraction of sp³-hybridized carbons (Fsp3) is 0.727. The molecule has 20 heavy (non-hydrogen) atoms. The van der Waals surface area contributed by atoms with Gasteiger partial charge in [-0.3, -0.25) is 4.68 Å². The molecule has 2 amide bonds. The Balaban J connectivity index is 1.82. The molecule has 0 unspecified atom stereocenters. The molecule has 1 aromatic heterocycles. The van der Waals surface area contributed by atoms with E-state index in [1.807, 2.05) is 5.32 Å². The summed E-state index contributed by atoms with van der Waals surface area (Å²) in [6.45, 7) is 0.236. The fourth-order valence-corrected chi connectivity index (χ4v) is 2.28. The molecule has 0 aliphatic carbocycles. The van der Waals surface area contributed by atoms with Gasteiger partial charge in [0.15, 0.2) is 0 Å². The summed E-state index contributed by atoms with van der Waals surface area (Å²) < 4.78 is 37.8. The Labute approximate surface area is 114 Å². The highest BCUT2D eigenvalue weighted by atomic mass is 19.4. The minimum atomic E-state index is -4.38. The van der Waals surface area contributed by atoms with E-state index in [2.05, 4.69) is 10.1 Å². The van der Waals surface area contributed by atoms with Crippen molar-refractivity contribution in [2.24, 2.45) is 5.92 Å². The molecule has 0 radical (unpaired) electrons. The highest BCUT2D eigenvalue weighted by molar-refractivity contribution is 5.74. The molecule has 112 valence electrons. The lowest BCUT2D eigenvalue weighted by molar-refractivity contribution is -0.123. The first-order valence-corrected chi connectivity index (χ1v) is 6.36. The second-order valence-corrected chi connectivity index (χ2v) is 4.85. The van der Waals surface area contributed by atoms with Gasteiger partial charge < -0.3 is 10.2 Å². The van der Waals surface area contributed by atoms with Crippen LogP contribution in [0, 0.1) is 5.92 Å². The Kier molecular flexibility index (Phi) is 4.46. The lowest BCUT2D eigenvalue weighted by Crippen LogP contribution is -2.48. The second-order valence-electron chi connectivity index (χ2n) is 4.85. The van der Waals surface area contributed by atoms with E-state index < -0.39 is 18.8 Å². The van der Waals surface area contributed by atoms with Crippen LogP contribution in [0.2, 0.25) is 0 Å². The van der Waals surface area contributed by atoms with Gasteiger partial charge in [-0.2, -0.15) is 18.3 Å². The molecule has 1 aromatic rings. The third kappa shape index (κ3) is 4.39. The summed E-state index contributed by atoms with van der Waals surface area (Å²) in [6, 6.07) is -0.661. The number of nitrogens with zero attached hydrogens (tertiary/aromatic N) is 4. The summed E-state index contributed by atoms with van der Waals surface area (Å²) in [5.74, 6) is 0.182. The maximum atomic E-state index is 12.1. The zero-order valence-electron chi connectivity index (χ0n) is 10.8. The van der Waals surface area contributed by atoms with Crippen LogP contribution in [0.3, 0.4) is 0 Å². The van der Waals surface area contributed by atoms with Gasteiger partial charge in [0.2, 0.25) is 0 Å². The van der Waals surface area contributed by atoms with E-state index in [-0.39, 0.29) is 5.92 Å². The lowest BCUT2D eigenvalue weighted by Gasteiger charge is -2.32. The zero-order valence-corrected chi connectivity index (χ0v) is 10.8. The third-order valence-electron chi connectivity index (χ3n) is 3.16. The zero-order chi connectivity index (χ0) is 14.6. The van der Waals surface area contributed by atoms with Crippen LogP contribution in [-0.4, -0.2) is 51.5 Å². The van der Waals surface area contributed by atoms with Gasteiger partial charge in [0, 0.05) is 19.6 Å². The van der Waals surface area contributed by atoms with E-state index in [0.29, 0.717) is 19.6 Å². The summed E-state index contributed by atoms with van der Waals surface area (Å²) >= 11 is 0. The van der Waals surface area contributed by atoms with E-state index >= 15 is 0 Å². The van der Waals surface area contributed by atoms with E-state index in [9.17, 15) is 18.0 Å². The van der Waals surface area contributed by atoms with Crippen LogP contribution < -0.4 is 5.32 Å². The number of aromatic nitrogens is 3. The van der Waals surface area contributed by atoms with Crippen LogP contribution in [-0.2, 0) is 6.54 Å². The second kappa shape index (κ2) is 6.10. The van der Waals surface area contributed by atoms with Crippen molar-refractivity contribution in [1.82, 2.24) is 25.0 Å². The normalized spacial score (nSPS) is 19.9. The first-order chi connectivity index (χ1) is 9.44. The van der Waals surface area contributed by atoms with Crippen molar-refractivity contribution in [3.05, 3.63) is 12.7 Å². The SMILES string of the molecule is O=C(NCC(F)(F)F)N1CCC[C@H](Cn2cncn2)C1. The summed E-state index contributed by atoms with van der Waals surface area (Å²) in [5, 5.41) is 5.89. The molecule has 0 saturated carbocycles. The molecular formula is C11H16F3N5O. The molecule has 0 aromatic carbocycles. The number of rotatable bonds is 3. The lowest BCUT2D eigenvalue weighted by atomic mass is 9.98. The molecule has 2 heterocycles. The average molecular weight is 291 g/mol. The monoisotopic (exact) mass is 291 g/mol. The predicted octanol–water partition coefficient (Wildman–Crippen LogP) is 1.26. The molecule has 1 fully saturated rings. The van der Waals surface area contributed by atoms with Gasteiger partial charge in [0.05, 0.1) is 0 Å². The van der Waals surface area contributed by atoms with Crippen LogP contribution >= 0.6 is 0 Å². The number of carbonyl (C=O) groups excluding carboxylic acids is 1. The standard InChI is InChI=1S/C11H16F3N5O/c12-11(13,14)6-16-10(20)18-3-1-2-9(4-18)5-19-8-15-7-17-19/h7-9H,1-6H2,(H,16,20)/t9-/m0/s1. The van der Waals surface area contributed by atoms with Gasteiger partial charge in [-0.15, -0.1) is 0 Å². The van der Waals surface area contributed by atoms with Crippen molar-refractivity contribution in [3.8, 4) is 0 Å². The van der Waals surface area contributed by atoms with Crippen LogP contribution in [0.15, 0.2) is 12.7 Å². The molecule has 9 heteroatoms. The van der Waals surface area contributed by atoms with Crippen LogP contribution in [0.1, 0.15) is 12.8 Å². The maximum absolute atomic E-state index is 12.1. The van der Waals surface area contributed by atoms with E-state index in [1.165, 1.54) is 11.2 Å². The summed E-state index contributed by atoms with van der Waals surface area (Å²) in [7, 11) is 0. The highest BCUT2D eigenvalue weighted by Gasteiger charge is 2.30. The molecule has 1 N–H and O–H groups in total. The Morgan fingerprint density at radius 1 is 1.45 bits per heavy atom. The largest absolute Gasteiger partial charge is 0.405 e. The predicted molar refractivity (Wildman–Crippen MR) is 63.8 cm³/mol. The van der Waals surface area contributed by atoms with Gasteiger partial charge in [-0.1, -0.05) is 0 Å². The Morgan fingerprint density at radius 3 is 2.90 bits per heavy atom. The molecule has 0 bridgehead atoms.